The summed E-state index contributed by atoms with van der Waals surface area (Å²) in [6.45, 7) is 4.10. The Balaban J connectivity index is 0.000000141. The SMILES string of the molecule is CN(C)C(=O)[C@@H]1C[C@@H]1C(=O)Nc1cccc(-c2ccc(O[C@H]3CCN(C(=O)CO)C[C@H]3F)c(C#N)c2)c1.C[C@H]1CCCN1c1ccc(-c2cccc(NC(=O)C3CC3)c2)cc1C#N.N#Cc1cc(-c2cccc(NC(=O)C3(F)CC3)c2)ccc1O[C@H]1CCN(C(=O)CO)C[C@H]1F.N#Cc1cc(-c2cccc(NC(=O)C3CC3)c2)ccc1N1CCCC1. The zero-order valence-electron chi connectivity index (χ0n) is 67.6. The van der Waals surface area contributed by atoms with E-state index in [9.17, 15) is 67.8 Å². The number of anilines is 6. The smallest absolute Gasteiger partial charge is 0.262 e. The van der Waals surface area contributed by atoms with Crippen molar-refractivity contribution < 1.29 is 66.4 Å². The third-order valence-electron chi connectivity index (χ3n) is 23.0. The van der Waals surface area contributed by atoms with E-state index in [1.54, 1.807) is 93.0 Å². The van der Waals surface area contributed by atoms with Gasteiger partial charge in [-0.05, 0) is 219 Å². The molecule has 7 amide bonds. The molecule has 8 fully saturated rings. The predicted octanol–water partition coefficient (Wildman–Crippen LogP) is 13.9. The van der Waals surface area contributed by atoms with Gasteiger partial charge in [0.25, 0.3) is 5.91 Å². The number of halogens is 3. The highest BCUT2D eigenvalue weighted by atomic mass is 19.1. The van der Waals surface area contributed by atoms with E-state index in [-0.39, 0.29) is 122 Å². The van der Waals surface area contributed by atoms with E-state index >= 15 is 0 Å². The van der Waals surface area contributed by atoms with Gasteiger partial charge in [0.15, 0.2) is 18.0 Å². The first-order chi connectivity index (χ1) is 58.4. The Morgan fingerprint density at radius 1 is 0.463 bits per heavy atom. The highest BCUT2D eigenvalue weighted by Crippen LogP contribution is 2.44. The van der Waals surface area contributed by atoms with E-state index in [1.165, 1.54) is 40.4 Å². The maximum Gasteiger partial charge on any atom is 0.262 e. The molecule has 0 unspecified atom stereocenters. The Labute approximate surface area is 701 Å². The third kappa shape index (κ3) is 21.7. The van der Waals surface area contributed by atoms with Crippen LogP contribution >= 0.6 is 0 Å². The number of amides is 7. The van der Waals surface area contributed by atoms with Gasteiger partial charge in [0.1, 0.15) is 61.2 Å². The number of aliphatic hydroxyl groups excluding tert-OH is 2. The maximum atomic E-state index is 14.6. The van der Waals surface area contributed by atoms with Crippen LogP contribution in [0.15, 0.2) is 170 Å². The molecule has 8 aromatic rings. The molecular formula is C94H96F3N13O11. The summed E-state index contributed by atoms with van der Waals surface area (Å²) in [6.07, 6.45) is 5.63. The molecule has 0 aromatic heterocycles. The molecule has 0 spiro atoms. The molecule has 24 nitrogen and oxygen atoms in total. The number of carbonyl (C=O) groups is 7. The fraction of sp³-hybridized carbons (Fsp3) is 0.372. The van der Waals surface area contributed by atoms with Gasteiger partial charge in [-0.15, -0.1) is 0 Å². The van der Waals surface area contributed by atoms with Gasteiger partial charge in [-0.3, -0.25) is 33.6 Å². The second-order valence-electron chi connectivity index (χ2n) is 32.1. The number of alkyl halides is 3. The van der Waals surface area contributed by atoms with Crippen molar-refractivity contribution in [2.24, 2.45) is 23.7 Å². The number of aliphatic hydroxyl groups is 2. The van der Waals surface area contributed by atoms with Gasteiger partial charge in [-0.1, -0.05) is 72.8 Å². The van der Waals surface area contributed by atoms with E-state index in [2.05, 4.69) is 86.5 Å². The molecule has 7 atom stereocenters. The third-order valence-corrected chi connectivity index (χ3v) is 23.0. The number of nitrogens with one attached hydrogen (secondary N) is 4. The molecule has 121 heavy (non-hydrogen) atoms. The zero-order valence-corrected chi connectivity index (χ0v) is 67.6. The number of rotatable bonds is 21. The van der Waals surface area contributed by atoms with Crippen molar-refractivity contribution in [1.29, 1.82) is 21.0 Å². The predicted molar refractivity (Wildman–Crippen MR) is 452 cm³/mol. The van der Waals surface area contributed by atoms with Gasteiger partial charge < -0.3 is 65.5 Å². The molecule has 0 bridgehead atoms. The first-order valence-corrected chi connectivity index (χ1v) is 41.1. The molecule has 4 aliphatic carbocycles. The van der Waals surface area contributed by atoms with E-state index in [0.29, 0.717) is 51.7 Å². The molecule has 6 N–H and O–H groups in total. The number of hydrogen-bond donors (Lipinski definition) is 6. The Bertz CT molecular complexity index is 5390. The number of ether oxygens (including phenoxy) is 2. The van der Waals surface area contributed by atoms with Crippen molar-refractivity contribution in [2.75, 3.05) is 104 Å². The topological polar surface area (TPSA) is 338 Å². The number of piperidine rings is 2. The summed E-state index contributed by atoms with van der Waals surface area (Å²) in [5, 5.41) is 67.8. The first kappa shape index (κ1) is 85.8. The van der Waals surface area contributed by atoms with Crippen LogP contribution in [0.2, 0.25) is 0 Å². The number of carbonyl (C=O) groups excluding carboxylic acids is 7. The number of nitrogens with zero attached hydrogens (tertiary/aromatic N) is 9. The molecule has 0 radical (unpaired) electrons. The first-order valence-electron chi connectivity index (χ1n) is 41.1. The second-order valence-corrected chi connectivity index (χ2v) is 32.1. The van der Waals surface area contributed by atoms with Crippen LogP contribution < -0.4 is 40.5 Å². The molecule has 16 rings (SSSR count). The quantitative estimate of drug-likeness (QED) is 0.0389. The van der Waals surface area contributed by atoms with Gasteiger partial charge >= 0.3 is 0 Å². The largest absolute Gasteiger partial charge is 0.486 e. The normalized spacial score (nSPS) is 20.2. The Morgan fingerprint density at radius 3 is 1.23 bits per heavy atom. The summed E-state index contributed by atoms with van der Waals surface area (Å²) in [6, 6.07) is 61.1. The lowest BCUT2D eigenvalue weighted by molar-refractivity contribution is -0.138. The number of hydrogen-bond acceptors (Lipinski definition) is 17. The Hall–Kier alpha value is -13.1. The van der Waals surface area contributed by atoms with Crippen LogP contribution in [0, 0.1) is 69.0 Å². The molecule has 4 aliphatic heterocycles. The van der Waals surface area contributed by atoms with Crippen LogP contribution in [0.1, 0.15) is 113 Å². The van der Waals surface area contributed by atoms with Crippen LogP contribution in [0.3, 0.4) is 0 Å². The van der Waals surface area contributed by atoms with Crippen molar-refractivity contribution in [3.8, 4) is 80.3 Å². The monoisotopic (exact) mass is 1640 g/mol. The molecule has 8 aliphatic rings. The zero-order chi connectivity index (χ0) is 85.6. The van der Waals surface area contributed by atoms with Crippen LogP contribution in [0.25, 0.3) is 44.5 Å². The van der Waals surface area contributed by atoms with Crippen LogP contribution in [0.5, 0.6) is 11.5 Å². The maximum absolute atomic E-state index is 14.6. The van der Waals surface area contributed by atoms with Gasteiger partial charge in [-0.25, -0.2) is 13.2 Å². The summed E-state index contributed by atoms with van der Waals surface area (Å²) in [5.74, 6) is -1.52. The van der Waals surface area contributed by atoms with Crippen molar-refractivity contribution in [1.82, 2.24) is 14.7 Å². The van der Waals surface area contributed by atoms with Crippen molar-refractivity contribution in [3.05, 3.63) is 192 Å². The van der Waals surface area contributed by atoms with Gasteiger partial charge in [-0.2, -0.15) is 21.0 Å². The minimum absolute atomic E-state index is 0.0523. The Morgan fingerprint density at radius 2 is 0.851 bits per heavy atom. The minimum atomic E-state index is -1.78. The van der Waals surface area contributed by atoms with Crippen LogP contribution in [-0.2, 0) is 33.6 Å². The molecule has 4 saturated heterocycles. The molecule has 624 valence electrons. The highest BCUT2D eigenvalue weighted by Gasteiger charge is 2.51. The summed E-state index contributed by atoms with van der Waals surface area (Å²) < 4.78 is 54.7. The number of benzene rings is 8. The van der Waals surface area contributed by atoms with Crippen LogP contribution in [0.4, 0.5) is 47.3 Å². The van der Waals surface area contributed by atoms with Crippen molar-refractivity contribution in [3.63, 3.8) is 0 Å². The molecule has 8 aromatic carbocycles. The molecular weight excluding hydrogens is 1540 g/mol. The highest BCUT2D eigenvalue weighted by molar-refractivity contribution is 6.01. The van der Waals surface area contributed by atoms with E-state index < -0.39 is 61.2 Å². The second kappa shape index (κ2) is 38.8. The number of likely N-dealkylation sites (tertiary alicyclic amines) is 2. The van der Waals surface area contributed by atoms with E-state index in [4.69, 9.17) is 19.7 Å². The fourth-order valence-electron chi connectivity index (χ4n) is 15.4. The average Bonchev–Trinajstić information content (AvgIpc) is 1.58. The van der Waals surface area contributed by atoms with Crippen molar-refractivity contribution in [2.45, 2.75) is 127 Å². The molecule has 27 heteroatoms. The van der Waals surface area contributed by atoms with E-state index in [0.717, 1.165) is 95.9 Å². The summed E-state index contributed by atoms with van der Waals surface area (Å²) >= 11 is 0. The Kier molecular flexibility index (Phi) is 27.5. The number of nitriles is 4. The average molecular weight is 1640 g/mol. The van der Waals surface area contributed by atoms with Crippen molar-refractivity contribution >= 4 is 75.5 Å². The lowest BCUT2D eigenvalue weighted by Crippen LogP contribution is -2.50. The molecule has 4 saturated carbocycles. The standard InChI is InChI=1S/C27H29FN4O5.C24H23F2N3O4.C22H23N3O.C21H21N3O/c1-31(2)27(36)21-12-20(21)26(35)30-19-5-3-4-16(11-19)17-6-7-23(18(10-17)13-29)37-24-8-9-32(14-22(24)28)25(34)15-33;25-19-13-29(22(31)14-30)9-6-21(19)33-20-5-4-16(10-17(20)12-27)15-2-1-3-18(11-15)28-23(32)24(26)7-8-24;1-15-4-3-11-25(15)21-10-9-18(12-19(21)14-23)17-5-2-6-20(13-17)24-22(26)16-7-8-16;22-14-18-12-17(8-9-20(18)24-10-1-2-11-24)16-4-3-5-19(13-16)23-21(25)15-6-7-15/h3-7,10-11,20-22,24,33H,8-9,12,14-15H2,1-2H3,(H,30,35);1-5,10-11,19,21,30H,6-9,13-14H2,(H,28,32);2,5-6,9-10,12-13,15-16H,3-4,7-8,11H2,1H3,(H,24,26);3-5,8-9,12-13,15H,1-2,6-7,10-11H2,(H,23,25)/t20-,21+,22+,24-;19-,21+;15-;/m010./s1. The van der Waals surface area contributed by atoms with Gasteiger partial charge in [0, 0.05) is 100 Å². The lowest BCUT2D eigenvalue weighted by Gasteiger charge is -2.34. The summed E-state index contributed by atoms with van der Waals surface area (Å²) in [7, 11) is 3.34. The lowest BCUT2D eigenvalue weighted by atomic mass is 10.0. The van der Waals surface area contributed by atoms with Crippen LogP contribution in [-0.4, -0.2) is 176 Å². The molecule has 4 heterocycles. The fourth-order valence-corrected chi connectivity index (χ4v) is 15.4. The minimum Gasteiger partial charge on any atom is -0.486 e. The van der Waals surface area contributed by atoms with E-state index in [1.807, 2.05) is 66.7 Å². The summed E-state index contributed by atoms with van der Waals surface area (Å²) in [4.78, 5) is 92.4. The van der Waals surface area contributed by atoms with Gasteiger partial charge in [0.2, 0.25) is 35.4 Å². The summed E-state index contributed by atoms with van der Waals surface area (Å²) in [5.41, 5.74) is 11.7. The van der Waals surface area contributed by atoms with Gasteiger partial charge in [0.05, 0.1) is 58.6 Å².